The highest BCUT2D eigenvalue weighted by Crippen LogP contribution is 2.27. The third-order valence-corrected chi connectivity index (χ3v) is 1.96. The minimum atomic E-state index is -1.01. The quantitative estimate of drug-likeness (QED) is 0.752. The van der Waals surface area contributed by atoms with Crippen LogP contribution in [0, 0.1) is 0 Å². The van der Waals surface area contributed by atoms with Crippen molar-refractivity contribution in [1.29, 1.82) is 0 Å². The Labute approximate surface area is 94.0 Å². The lowest BCUT2D eigenvalue weighted by atomic mass is 10.2. The third kappa shape index (κ3) is 3.43. The number of carboxylic acid groups (broad SMARTS) is 1. The molecule has 0 aliphatic heterocycles. The van der Waals surface area contributed by atoms with E-state index >= 15 is 0 Å². The molecule has 0 radical (unpaired) electrons. The average molecular weight is 225 g/mol. The van der Waals surface area contributed by atoms with E-state index in [9.17, 15) is 4.79 Å². The maximum Gasteiger partial charge on any atom is 0.341 e. The van der Waals surface area contributed by atoms with Gasteiger partial charge in [0.05, 0.1) is 7.11 Å². The minimum Gasteiger partial charge on any atom is -0.493 e. The maximum absolute atomic E-state index is 10.4. The van der Waals surface area contributed by atoms with E-state index in [4.69, 9.17) is 14.6 Å². The summed E-state index contributed by atoms with van der Waals surface area (Å²) < 4.78 is 10.2. The van der Waals surface area contributed by atoms with Gasteiger partial charge in [0.25, 0.3) is 0 Å². The second-order valence-corrected chi connectivity index (χ2v) is 3.20. The van der Waals surface area contributed by atoms with Crippen molar-refractivity contribution in [1.82, 2.24) is 5.32 Å². The van der Waals surface area contributed by atoms with Crippen molar-refractivity contribution in [3.63, 3.8) is 0 Å². The summed E-state index contributed by atoms with van der Waals surface area (Å²) in [6.07, 6.45) is 0. The van der Waals surface area contributed by atoms with Crippen LogP contribution in [0.25, 0.3) is 0 Å². The fraction of sp³-hybridized carbons (Fsp3) is 0.364. The molecule has 0 aliphatic rings. The van der Waals surface area contributed by atoms with Crippen molar-refractivity contribution in [2.75, 3.05) is 20.8 Å². The van der Waals surface area contributed by atoms with Gasteiger partial charge >= 0.3 is 5.97 Å². The topological polar surface area (TPSA) is 67.8 Å². The number of hydrogen-bond acceptors (Lipinski definition) is 4. The van der Waals surface area contributed by atoms with Gasteiger partial charge in [-0.2, -0.15) is 0 Å². The van der Waals surface area contributed by atoms with Crippen LogP contribution in [0.4, 0.5) is 0 Å². The molecule has 0 aliphatic carbocycles. The van der Waals surface area contributed by atoms with Crippen LogP contribution in [0.5, 0.6) is 11.5 Å². The lowest BCUT2D eigenvalue weighted by molar-refractivity contribution is -0.139. The maximum atomic E-state index is 10.4. The van der Waals surface area contributed by atoms with Crippen molar-refractivity contribution < 1.29 is 19.4 Å². The molecule has 1 aromatic carbocycles. The smallest absolute Gasteiger partial charge is 0.341 e. The summed E-state index contributed by atoms with van der Waals surface area (Å²) in [4.78, 5) is 10.4. The highest BCUT2D eigenvalue weighted by Gasteiger charge is 2.07. The van der Waals surface area contributed by atoms with Crippen LogP contribution in [0.1, 0.15) is 5.56 Å². The fourth-order valence-corrected chi connectivity index (χ4v) is 1.28. The van der Waals surface area contributed by atoms with Gasteiger partial charge in [0, 0.05) is 6.54 Å². The van der Waals surface area contributed by atoms with Crippen molar-refractivity contribution in [2.24, 2.45) is 0 Å². The largest absolute Gasteiger partial charge is 0.493 e. The Morgan fingerprint density at radius 3 is 2.75 bits per heavy atom. The van der Waals surface area contributed by atoms with E-state index in [2.05, 4.69) is 5.32 Å². The van der Waals surface area contributed by atoms with Gasteiger partial charge in [0.15, 0.2) is 18.1 Å². The standard InChI is InChI=1S/C11H15NO4/c1-12-6-8-3-4-9(10(5-8)15-2)16-7-11(13)14/h3-5,12H,6-7H2,1-2H3,(H,13,14). The van der Waals surface area contributed by atoms with Crippen LogP contribution in [0.15, 0.2) is 18.2 Å². The molecule has 5 heteroatoms. The van der Waals surface area contributed by atoms with Crippen molar-refractivity contribution in [2.45, 2.75) is 6.54 Å². The monoisotopic (exact) mass is 225 g/mol. The Bertz CT molecular complexity index is 365. The molecule has 0 saturated carbocycles. The molecule has 1 rings (SSSR count). The molecule has 0 atom stereocenters. The predicted octanol–water partition coefficient (Wildman–Crippen LogP) is 0.878. The Kier molecular flexibility index (Phi) is 4.60. The Balaban J connectivity index is 2.80. The second-order valence-electron chi connectivity index (χ2n) is 3.20. The van der Waals surface area contributed by atoms with Crippen LogP contribution in [-0.4, -0.2) is 31.8 Å². The molecule has 0 spiro atoms. The van der Waals surface area contributed by atoms with Gasteiger partial charge in [-0.3, -0.25) is 0 Å². The second kappa shape index (κ2) is 5.97. The lowest BCUT2D eigenvalue weighted by Crippen LogP contribution is -2.10. The van der Waals surface area contributed by atoms with Gasteiger partial charge in [-0.25, -0.2) is 4.79 Å². The van der Waals surface area contributed by atoms with Gasteiger partial charge in [0.1, 0.15) is 0 Å². The van der Waals surface area contributed by atoms with Crippen LogP contribution in [0.2, 0.25) is 0 Å². The number of carbonyl (C=O) groups is 1. The van der Waals surface area contributed by atoms with Crippen molar-refractivity contribution >= 4 is 5.97 Å². The summed E-state index contributed by atoms with van der Waals surface area (Å²) >= 11 is 0. The molecule has 2 N–H and O–H groups in total. The first kappa shape index (κ1) is 12.3. The van der Waals surface area contributed by atoms with E-state index in [0.29, 0.717) is 11.5 Å². The minimum absolute atomic E-state index is 0.373. The van der Waals surface area contributed by atoms with Gasteiger partial charge in [-0.15, -0.1) is 0 Å². The Morgan fingerprint density at radius 2 is 2.19 bits per heavy atom. The SMILES string of the molecule is CNCc1ccc(OCC(=O)O)c(OC)c1. The molecule has 0 aromatic heterocycles. The lowest BCUT2D eigenvalue weighted by Gasteiger charge is -2.10. The molecule has 0 bridgehead atoms. The number of benzene rings is 1. The van der Waals surface area contributed by atoms with E-state index in [-0.39, 0.29) is 6.61 Å². The van der Waals surface area contributed by atoms with Gasteiger partial charge in [-0.05, 0) is 24.7 Å². The zero-order valence-corrected chi connectivity index (χ0v) is 9.32. The number of aliphatic carboxylic acids is 1. The summed E-state index contributed by atoms with van der Waals surface area (Å²) in [5.41, 5.74) is 1.04. The van der Waals surface area contributed by atoms with E-state index in [1.54, 1.807) is 6.07 Å². The van der Waals surface area contributed by atoms with Gasteiger partial charge < -0.3 is 19.9 Å². The summed E-state index contributed by atoms with van der Waals surface area (Å²) in [5.74, 6) is -0.0416. The van der Waals surface area contributed by atoms with Crippen LogP contribution >= 0.6 is 0 Å². The molecule has 5 nitrogen and oxygen atoms in total. The third-order valence-electron chi connectivity index (χ3n) is 1.96. The summed E-state index contributed by atoms with van der Waals surface area (Å²) in [6, 6.07) is 5.37. The molecule has 0 heterocycles. The Hall–Kier alpha value is -1.75. The first-order valence-corrected chi connectivity index (χ1v) is 4.83. The van der Waals surface area contributed by atoms with E-state index in [1.165, 1.54) is 7.11 Å². The number of rotatable bonds is 6. The van der Waals surface area contributed by atoms with Crippen LogP contribution in [-0.2, 0) is 11.3 Å². The van der Waals surface area contributed by atoms with E-state index < -0.39 is 5.97 Å². The van der Waals surface area contributed by atoms with Crippen LogP contribution in [0.3, 0.4) is 0 Å². The fourth-order valence-electron chi connectivity index (χ4n) is 1.28. The summed E-state index contributed by atoms with van der Waals surface area (Å²) in [5, 5.41) is 11.5. The van der Waals surface area contributed by atoms with Gasteiger partial charge in [0.2, 0.25) is 0 Å². The van der Waals surface area contributed by atoms with Crippen molar-refractivity contribution in [3.05, 3.63) is 23.8 Å². The first-order chi connectivity index (χ1) is 7.67. The molecule has 0 fully saturated rings. The van der Waals surface area contributed by atoms with E-state index in [0.717, 1.165) is 12.1 Å². The first-order valence-electron chi connectivity index (χ1n) is 4.83. The number of nitrogens with one attached hydrogen (secondary N) is 1. The highest BCUT2D eigenvalue weighted by atomic mass is 16.5. The molecule has 16 heavy (non-hydrogen) atoms. The van der Waals surface area contributed by atoms with E-state index in [1.807, 2.05) is 19.2 Å². The highest BCUT2D eigenvalue weighted by molar-refractivity contribution is 5.68. The summed E-state index contributed by atoms with van der Waals surface area (Å²) in [6.45, 7) is 0.345. The molecular formula is C11H15NO4. The van der Waals surface area contributed by atoms with Crippen LogP contribution < -0.4 is 14.8 Å². The molecule has 1 aromatic rings. The zero-order valence-electron chi connectivity index (χ0n) is 9.32. The van der Waals surface area contributed by atoms with Gasteiger partial charge in [-0.1, -0.05) is 6.07 Å². The number of ether oxygens (including phenoxy) is 2. The molecule has 0 unspecified atom stereocenters. The normalized spacial score (nSPS) is 9.88. The molecule has 0 amide bonds. The number of carboxylic acids is 1. The number of methoxy groups -OCH3 is 1. The summed E-state index contributed by atoms with van der Waals surface area (Å²) in [7, 11) is 3.37. The zero-order chi connectivity index (χ0) is 12.0. The average Bonchev–Trinajstić information content (AvgIpc) is 2.27. The molecule has 88 valence electrons. The predicted molar refractivity (Wildman–Crippen MR) is 58.9 cm³/mol. The number of hydrogen-bond donors (Lipinski definition) is 2. The molecular weight excluding hydrogens is 210 g/mol. The molecule has 0 saturated heterocycles. The Morgan fingerprint density at radius 1 is 1.44 bits per heavy atom. The van der Waals surface area contributed by atoms with Crippen molar-refractivity contribution in [3.8, 4) is 11.5 Å².